The summed E-state index contributed by atoms with van der Waals surface area (Å²) < 4.78 is 5.95. The van der Waals surface area contributed by atoms with Gasteiger partial charge in [-0.25, -0.2) is 0 Å². The van der Waals surface area contributed by atoms with E-state index in [1.807, 2.05) is 66.4 Å². The summed E-state index contributed by atoms with van der Waals surface area (Å²) in [5.74, 6) is 1.31. The summed E-state index contributed by atoms with van der Waals surface area (Å²) in [6.07, 6.45) is 0. The number of nitrogens with zero attached hydrogens (tertiary/aromatic N) is 2. The largest absolute Gasteiger partial charge is 0.453 e. The monoisotopic (exact) mass is 390 g/mol. The summed E-state index contributed by atoms with van der Waals surface area (Å²) in [6.45, 7) is 3.07. The quantitative estimate of drug-likeness (QED) is 0.645. The van der Waals surface area contributed by atoms with E-state index in [1.54, 1.807) is 16.2 Å². The van der Waals surface area contributed by atoms with Gasteiger partial charge in [0.1, 0.15) is 0 Å². The Bertz CT molecular complexity index is 1060. The Morgan fingerprint density at radius 1 is 1.04 bits per heavy atom. The highest BCUT2D eigenvalue weighted by Crippen LogP contribution is 2.46. The van der Waals surface area contributed by atoms with Gasteiger partial charge in [0, 0.05) is 21.9 Å². The van der Waals surface area contributed by atoms with Gasteiger partial charge in [0.25, 0.3) is 0 Å². The third kappa shape index (κ3) is 2.82. The molecule has 3 aromatic rings. The molecule has 0 bridgehead atoms. The highest BCUT2D eigenvalue weighted by atomic mass is 32.1. The lowest BCUT2D eigenvalue weighted by Crippen LogP contribution is -2.42. The Morgan fingerprint density at radius 2 is 1.68 bits per heavy atom. The molecule has 0 aliphatic carbocycles. The minimum absolute atomic E-state index is 0.0762. The zero-order chi connectivity index (χ0) is 19.3. The van der Waals surface area contributed by atoms with Gasteiger partial charge >= 0.3 is 0 Å². The number of aryl methyl sites for hydroxylation is 1. The maximum atomic E-state index is 13.3. The van der Waals surface area contributed by atoms with E-state index in [9.17, 15) is 9.59 Å². The molecule has 6 heteroatoms. The van der Waals surface area contributed by atoms with E-state index in [4.69, 9.17) is 4.74 Å². The second-order valence-corrected chi connectivity index (χ2v) is 8.37. The number of amides is 1. The molecule has 28 heavy (non-hydrogen) atoms. The van der Waals surface area contributed by atoms with Gasteiger partial charge in [0.05, 0.1) is 24.5 Å². The zero-order valence-electron chi connectivity index (χ0n) is 15.3. The van der Waals surface area contributed by atoms with Crippen molar-refractivity contribution in [1.82, 2.24) is 4.90 Å². The van der Waals surface area contributed by atoms with Crippen molar-refractivity contribution in [3.63, 3.8) is 0 Å². The fraction of sp³-hybridized carbons (Fsp3) is 0.182. The van der Waals surface area contributed by atoms with Gasteiger partial charge < -0.3 is 4.74 Å². The van der Waals surface area contributed by atoms with Crippen molar-refractivity contribution in [2.75, 3.05) is 18.0 Å². The van der Waals surface area contributed by atoms with Crippen molar-refractivity contribution in [2.24, 2.45) is 0 Å². The summed E-state index contributed by atoms with van der Waals surface area (Å²) in [7, 11) is 0. The highest BCUT2D eigenvalue weighted by molar-refractivity contribution is 7.12. The summed E-state index contributed by atoms with van der Waals surface area (Å²) in [4.78, 5) is 31.6. The van der Waals surface area contributed by atoms with Gasteiger partial charge in [-0.05, 0) is 37.3 Å². The van der Waals surface area contributed by atoms with Gasteiger partial charge in [-0.15, -0.1) is 11.3 Å². The van der Waals surface area contributed by atoms with Gasteiger partial charge in [0.15, 0.2) is 17.3 Å². The summed E-state index contributed by atoms with van der Waals surface area (Å²) in [6, 6.07) is 17.0. The van der Waals surface area contributed by atoms with Crippen LogP contribution in [-0.4, -0.2) is 29.7 Å². The molecule has 1 amide bonds. The van der Waals surface area contributed by atoms with E-state index in [1.165, 1.54) is 0 Å². The zero-order valence-corrected chi connectivity index (χ0v) is 16.2. The molecule has 2 aliphatic rings. The first-order valence-corrected chi connectivity index (χ1v) is 9.95. The molecule has 2 aliphatic heterocycles. The molecule has 5 rings (SSSR count). The van der Waals surface area contributed by atoms with E-state index in [0.29, 0.717) is 18.0 Å². The molecule has 0 saturated carbocycles. The number of carbonyl (C=O) groups is 2. The maximum Gasteiger partial charge on any atom is 0.245 e. The van der Waals surface area contributed by atoms with Crippen LogP contribution in [0.5, 0.6) is 11.5 Å². The Kier molecular flexibility index (Phi) is 4.03. The minimum atomic E-state index is -0.0762. The van der Waals surface area contributed by atoms with E-state index >= 15 is 0 Å². The van der Waals surface area contributed by atoms with Crippen LogP contribution in [0.4, 0.5) is 11.4 Å². The Morgan fingerprint density at radius 3 is 2.36 bits per heavy atom. The van der Waals surface area contributed by atoms with Crippen LogP contribution in [0.2, 0.25) is 0 Å². The third-order valence-electron chi connectivity index (χ3n) is 5.01. The van der Waals surface area contributed by atoms with Crippen LogP contribution in [0, 0.1) is 6.92 Å². The molecule has 0 N–H and O–H groups in total. The van der Waals surface area contributed by atoms with Crippen molar-refractivity contribution in [1.29, 1.82) is 0 Å². The molecule has 0 fully saturated rings. The minimum Gasteiger partial charge on any atom is -0.453 e. The first-order valence-electron chi connectivity index (χ1n) is 9.14. The van der Waals surface area contributed by atoms with Crippen molar-refractivity contribution >= 4 is 34.4 Å². The topological polar surface area (TPSA) is 49.9 Å². The fourth-order valence-electron chi connectivity index (χ4n) is 3.81. The van der Waals surface area contributed by atoms with Crippen molar-refractivity contribution in [3.8, 4) is 11.5 Å². The SMILES string of the molecule is Cc1cc2c(s1)CN(CC(=O)N1c3ccccc3Oc3ccccc31)CC2=O. The number of para-hydroxylation sites is 4. The molecule has 0 saturated heterocycles. The van der Waals surface area contributed by atoms with Crippen molar-refractivity contribution in [2.45, 2.75) is 13.5 Å². The summed E-state index contributed by atoms with van der Waals surface area (Å²) in [5.41, 5.74) is 2.26. The molecule has 3 heterocycles. The predicted octanol–water partition coefficient (Wildman–Crippen LogP) is 4.53. The van der Waals surface area contributed by atoms with Crippen LogP contribution in [0.15, 0.2) is 54.6 Å². The molecular formula is C22H18N2O3S. The summed E-state index contributed by atoms with van der Waals surface area (Å²) >= 11 is 1.63. The number of fused-ring (bicyclic) bond motifs is 3. The fourth-order valence-corrected chi connectivity index (χ4v) is 4.91. The van der Waals surface area contributed by atoms with Gasteiger partial charge in [-0.2, -0.15) is 0 Å². The van der Waals surface area contributed by atoms with Crippen molar-refractivity contribution < 1.29 is 14.3 Å². The Balaban J connectivity index is 1.46. The van der Waals surface area contributed by atoms with E-state index < -0.39 is 0 Å². The number of benzene rings is 2. The number of carbonyl (C=O) groups excluding carboxylic acids is 2. The Labute approximate surface area is 166 Å². The smallest absolute Gasteiger partial charge is 0.245 e. The predicted molar refractivity (Wildman–Crippen MR) is 109 cm³/mol. The number of hydrogen-bond donors (Lipinski definition) is 0. The molecule has 5 nitrogen and oxygen atoms in total. The number of rotatable bonds is 2. The lowest BCUT2D eigenvalue weighted by Gasteiger charge is -2.33. The lowest BCUT2D eigenvalue weighted by atomic mass is 10.1. The molecule has 1 aromatic heterocycles. The average Bonchev–Trinajstić information content (AvgIpc) is 3.06. The average molecular weight is 390 g/mol. The van der Waals surface area contributed by atoms with Crippen LogP contribution >= 0.6 is 11.3 Å². The second-order valence-electron chi connectivity index (χ2n) is 7.03. The number of anilines is 2. The van der Waals surface area contributed by atoms with Crippen LogP contribution in [-0.2, 0) is 11.3 Å². The molecule has 0 atom stereocenters. The second kappa shape index (κ2) is 6.58. The Hall–Kier alpha value is -2.96. The third-order valence-corrected chi connectivity index (χ3v) is 6.04. The number of Topliss-reactive ketones (excluding diaryl/α,β-unsaturated/α-hetero) is 1. The number of hydrogen-bond acceptors (Lipinski definition) is 5. The number of thiophene rings is 1. The first kappa shape index (κ1) is 17.2. The van der Waals surface area contributed by atoms with Gasteiger partial charge in [-0.3, -0.25) is 19.4 Å². The first-order chi connectivity index (χ1) is 13.6. The normalized spacial score (nSPS) is 15.5. The van der Waals surface area contributed by atoms with Gasteiger partial charge in [-0.1, -0.05) is 24.3 Å². The highest BCUT2D eigenvalue weighted by Gasteiger charge is 2.32. The van der Waals surface area contributed by atoms with Crippen LogP contribution in [0.25, 0.3) is 0 Å². The summed E-state index contributed by atoms with van der Waals surface area (Å²) in [5, 5.41) is 0. The maximum absolute atomic E-state index is 13.3. The number of ether oxygens (including phenoxy) is 1. The van der Waals surface area contributed by atoms with Crippen LogP contribution in [0.1, 0.15) is 20.1 Å². The van der Waals surface area contributed by atoms with Crippen LogP contribution < -0.4 is 9.64 Å². The van der Waals surface area contributed by atoms with E-state index in [0.717, 1.165) is 26.7 Å². The number of ketones is 1. The lowest BCUT2D eigenvalue weighted by molar-refractivity contribution is -0.119. The molecule has 140 valence electrons. The van der Waals surface area contributed by atoms with Crippen molar-refractivity contribution in [3.05, 3.63) is 69.9 Å². The molecule has 0 spiro atoms. The molecule has 0 radical (unpaired) electrons. The van der Waals surface area contributed by atoms with E-state index in [-0.39, 0.29) is 24.8 Å². The molecular weight excluding hydrogens is 372 g/mol. The van der Waals surface area contributed by atoms with E-state index in [2.05, 4.69) is 0 Å². The van der Waals surface area contributed by atoms with Gasteiger partial charge in [0.2, 0.25) is 5.91 Å². The molecule has 0 unspecified atom stereocenters. The standard InChI is InChI=1S/C22H18N2O3S/c1-14-10-15-18(25)11-23(12-21(15)28-14)13-22(26)24-16-6-2-4-8-19(16)27-20-9-5-3-7-17(20)24/h2-10H,11-13H2,1H3. The van der Waals surface area contributed by atoms with Crippen LogP contribution in [0.3, 0.4) is 0 Å². The molecule has 2 aromatic carbocycles.